The van der Waals surface area contributed by atoms with Crippen LogP contribution >= 0.6 is 0 Å². The monoisotopic (exact) mass is 265 g/mol. The molecule has 0 radical (unpaired) electrons. The van der Waals surface area contributed by atoms with Gasteiger partial charge in [-0.2, -0.15) is 0 Å². The van der Waals surface area contributed by atoms with E-state index >= 15 is 0 Å². The van der Waals surface area contributed by atoms with Crippen LogP contribution in [-0.4, -0.2) is 24.5 Å². The fraction of sp³-hybridized carbons (Fsp3) is 1.00. The number of rotatable bonds is 0. The lowest BCUT2D eigenvalue weighted by Crippen LogP contribution is -2.31. The molecule has 0 atom stereocenters. The molecule has 0 amide bonds. The predicted octanol–water partition coefficient (Wildman–Crippen LogP) is 5.39. The molecule has 1 heteroatoms. The molecule has 0 saturated carbocycles. The van der Waals surface area contributed by atoms with Crippen molar-refractivity contribution < 1.29 is 0 Å². The Labute approximate surface area is 121 Å². The first-order valence-corrected chi connectivity index (χ1v) is 9.17. The summed E-state index contributed by atoms with van der Waals surface area (Å²) in [5, 5.41) is 0. The molecular formula is C18H35N. The largest absolute Gasteiger partial charge is 0.303 e. The van der Waals surface area contributed by atoms with Crippen LogP contribution in [0.15, 0.2) is 0 Å². The van der Waals surface area contributed by atoms with Crippen molar-refractivity contribution in [3.63, 3.8) is 0 Å². The van der Waals surface area contributed by atoms with E-state index < -0.39 is 0 Å². The van der Waals surface area contributed by atoms with Crippen molar-refractivity contribution >= 4 is 0 Å². The zero-order valence-electron chi connectivity index (χ0n) is 13.0. The number of nitrogens with zero attached hydrogens (tertiary/aromatic N) is 1. The maximum atomic E-state index is 2.82. The molecule has 2 rings (SSSR count). The Balaban J connectivity index is 1.88. The Morgan fingerprint density at radius 3 is 1.42 bits per heavy atom. The number of hydrogen-bond donors (Lipinski definition) is 0. The van der Waals surface area contributed by atoms with Crippen LogP contribution < -0.4 is 0 Å². The topological polar surface area (TPSA) is 3.24 Å². The Hall–Kier alpha value is -0.0400. The highest BCUT2D eigenvalue weighted by atomic mass is 15.1. The van der Waals surface area contributed by atoms with Gasteiger partial charge in [-0.1, -0.05) is 64.2 Å². The summed E-state index contributed by atoms with van der Waals surface area (Å²) in [7, 11) is 0. The standard InChI is InChI=1S/C18H35N/c1-3-7-11-15-19-16-12-8-4-2-6-10-14-18(17-19)13-9-5-1/h18H,1-17H2. The van der Waals surface area contributed by atoms with Gasteiger partial charge >= 0.3 is 0 Å². The third kappa shape index (κ3) is 6.79. The van der Waals surface area contributed by atoms with Crippen LogP contribution in [0.4, 0.5) is 0 Å². The Morgan fingerprint density at radius 2 is 0.895 bits per heavy atom. The molecule has 0 aromatic rings. The second-order valence-electron chi connectivity index (χ2n) is 6.99. The van der Waals surface area contributed by atoms with Crippen LogP contribution in [-0.2, 0) is 0 Å². The Morgan fingerprint density at radius 1 is 0.474 bits per heavy atom. The molecule has 2 aliphatic heterocycles. The van der Waals surface area contributed by atoms with E-state index in [9.17, 15) is 0 Å². The molecule has 0 unspecified atom stereocenters. The smallest absolute Gasteiger partial charge is 0.000965 e. The van der Waals surface area contributed by atoms with Gasteiger partial charge in [0.1, 0.15) is 0 Å². The van der Waals surface area contributed by atoms with E-state index in [-0.39, 0.29) is 0 Å². The minimum Gasteiger partial charge on any atom is -0.303 e. The highest BCUT2D eigenvalue weighted by Gasteiger charge is 2.15. The van der Waals surface area contributed by atoms with Crippen molar-refractivity contribution in [1.82, 2.24) is 4.90 Å². The summed E-state index contributed by atoms with van der Waals surface area (Å²) < 4.78 is 0. The first kappa shape index (κ1) is 15.4. The number of hydrogen-bond acceptors (Lipinski definition) is 1. The number of fused-ring (bicyclic) bond motifs is 2. The van der Waals surface area contributed by atoms with Gasteiger partial charge in [0.25, 0.3) is 0 Å². The van der Waals surface area contributed by atoms with E-state index in [1.807, 2.05) is 0 Å². The second kappa shape index (κ2) is 9.80. The summed E-state index contributed by atoms with van der Waals surface area (Å²) in [6, 6.07) is 0. The lowest BCUT2D eigenvalue weighted by atomic mass is 9.94. The minimum atomic E-state index is 1.01. The quantitative estimate of drug-likeness (QED) is 0.567. The molecule has 2 saturated heterocycles. The normalized spacial score (nSPS) is 32.8. The van der Waals surface area contributed by atoms with E-state index in [0.29, 0.717) is 0 Å². The van der Waals surface area contributed by atoms with Crippen molar-refractivity contribution in [2.45, 2.75) is 89.9 Å². The van der Waals surface area contributed by atoms with Crippen molar-refractivity contribution in [2.75, 3.05) is 19.6 Å². The molecule has 0 aromatic carbocycles. The highest BCUT2D eigenvalue weighted by Crippen LogP contribution is 2.23. The Kier molecular flexibility index (Phi) is 7.92. The van der Waals surface area contributed by atoms with Crippen LogP contribution in [0.1, 0.15) is 89.9 Å². The molecule has 2 fully saturated rings. The summed E-state index contributed by atoms with van der Waals surface area (Å²) in [4.78, 5) is 2.82. The minimum absolute atomic E-state index is 1.01. The van der Waals surface area contributed by atoms with Crippen LogP contribution in [0.2, 0.25) is 0 Å². The SMILES string of the molecule is C1CCCCN2CCCCCCCCC(CCC1)C2. The lowest BCUT2D eigenvalue weighted by molar-refractivity contribution is 0.210. The maximum absolute atomic E-state index is 2.82. The summed E-state index contributed by atoms with van der Waals surface area (Å²) in [5.74, 6) is 1.01. The van der Waals surface area contributed by atoms with Gasteiger partial charge in [0.2, 0.25) is 0 Å². The van der Waals surface area contributed by atoms with Crippen LogP contribution in [0.25, 0.3) is 0 Å². The van der Waals surface area contributed by atoms with Gasteiger partial charge in [-0.3, -0.25) is 0 Å². The van der Waals surface area contributed by atoms with E-state index in [1.54, 1.807) is 0 Å². The third-order valence-corrected chi connectivity index (χ3v) is 5.19. The zero-order chi connectivity index (χ0) is 13.2. The molecule has 112 valence electrons. The summed E-state index contributed by atoms with van der Waals surface area (Å²) in [6.45, 7) is 4.19. The molecule has 0 N–H and O–H groups in total. The molecule has 0 aromatic heterocycles. The van der Waals surface area contributed by atoms with E-state index in [2.05, 4.69) is 4.90 Å². The van der Waals surface area contributed by atoms with Gasteiger partial charge in [-0.15, -0.1) is 0 Å². The van der Waals surface area contributed by atoms with Crippen molar-refractivity contribution in [3.05, 3.63) is 0 Å². The molecular weight excluding hydrogens is 230 g/mol. The van der Waals surface area contributed by atoms with E-state index in [0.717, 1.165) is 5.92 Å². The predicted molar refractivity (Wildman–Crippen MR) is 84.6 cm³/mol. The fourth-order valence-corrected chi connectivity index (χ4v) is 3.94. The van der Waals surface area contributed by atoms with Gasteiger partial charge in [0.05, 0.1) is 0 Å². The molecule has 0 spiro atoms. The molecule has 2 bridgehead atoms. The molecule has 2 heterocycles. The van der Waals surface area contributed by atoms with Crippen molar-refractivity contribution in [3.8, 4) is 0 Å². The lowest BCUT2D eigenvalue weighted by Gasteiger charge is -2.27. The summed E-state index contributed by atoms with van der Waals surface area (Å²) in [6.07, 6.45) is 20.8. The van der Waals surface area contributed by atoms with Crippen molar-refractivity contribution in [1.29, 1.82) is 0 Å². The molecule has 2 aliphatic rings. The zero-order valence-corrected chi connectivity index (χ0v) is 13.0. The van der Waals surface area contributed by atoms with Crippen LogP contribution in [0.3, 0.4) is 0 Å². The molecule has 19 heavy (non-hydrogen) atoms. The first-order chi connectivity index (χ1) is 9.45. The molecule has 0 aliphatic carbocycles. The first-order valence-electron chi connectivity index (χ1n) is 9.17. The third-order valence-electron chi connectivity index (χ3n) is 5.19. The van der Waals surface area contributed by atoms with Crippen LogP contribution in [0.5, 0.6) is 0 Å². The average molecular weight is 265 g/mol. The van der Waals surface area contributed by atoms with Gasteiger partial charge < -0.3 is 4.90 Å². The second-order valence-corrected chi connectivity index (χ2v) is 6.99. The highest BCUT2D eigenvalue weighted by molar-refractivity contribution is 4.70. The Bertz CT molecular complexity index is 172. The van der Waals surface area contributed by atoms with Gasteiger partial charge in [0, 0.05) is 6.54 Å². The van der Waals surface area contributed by atoms with E-state index in [4.69, 9.17) is 0 Å². The summed E-state index contributed by atoms with van der Waals surface area (Å²) >= 11 is 0. The van der Waals surface area contributed by atoms with Crippen LogP contribution in [0, 0.1) is 5.92 Å². The average Bonchev–Trinajstić information content (AvgIpc) is 2.50. The van der Waals surface area contributed by atoms with Gasteiger partial charge in [-0.25, -0.2) is 0 Å². The maximum Gasteiger partial charge on any atom is 0.000965 e. The van der Waals surface area contributed by atoms with Gasteiger partial charge in [0.15, 0.2) is 0 Å². The van der Waals surface area contributed by atoms with E-state index in [1.165, 1.54) is 110 Å². The fourth-order valence-electron chi connectivity index (χ4n) is 3.94. The van der Waals surface area contributed by atoms with Gasteiger partial charge in [-0.05, 0) is 44.7 Å². The van der Waals surface area contributed by atoms with Crippen molar-refractivity contribution in [2.24, 2.45) is 5.92 Å². The summed E-state index contributed by atoms with van der Waals surface area (Å²) in [5.41, 5.74) is 0. The molecule has 1 nitrogen and oxygen atoms in total.